The molecule has 34 heavy (non-hydrogen) atoms. The predicted molar refractivity (Wildman–Crippen MR) is 123 cm³/mol. The van der Waals surface area contributed by atoms with Gasteiger partial charge in [0, 0.05) is 40.3 Å². The molecular weight excluding hydrogens is 467 g/mol. The Bertz CT molecular complexity index is 1510. The topological polar surface area (TPSA) is 75.1 Å². The van der Waals surface area contributed by atoms with Crippen LogP contribution >= 0.6 is 11.6 Å². The third-order valence-electron chi connectivity index (χ3n) is 5.43. The summed E-state index contributed by atoms with van der Waals surface area (Å²) in [5.41, 5.74) is 1.33. The molecule has 0 aliphatic carbocycles. The summed E-state index contributed by atoms with van der Waals surface area (Å²) in [5.74, 6) is -0.585. The van der Waals surface area contributed by atoms with E-state index in [0.717, 1.165) is 22.5 Å². The highest BCUT2D eigenvalue weighted by Gasteiger charge is 2.35. The van der Waals surface area contributed by atoms with E-state index < -0.39 is 17.8 Å². The van der Waals surface area contributed by atoms with E-state index in [-0.39, 0.29) is 23.6 Å². The summed E-state index contributed by atoms with van der Waals surface area (Å²) in [7, 11) is 0. The molecule has 0 fully saturated rings. The van der Waals surface area contributed by atoms with Crippen LogP contribution in [0.15, 0.2) is 66.9 Å². The molecule has 0 saturated heterocycles. The number of H-pyrrole nitrogens is 1. The molecule has 1 amide bonds. The van der Waals surface area contributed by atoms with Gasteiger partial charge < -0.3 is 10.3 Å². The van der Waals surface area contributed by atoms with E-state index in [1.807, 2.05) is 18.3 Å². The van der Waals surface area contributed by atoms with Crippen LogP contribution in [0, 0.1) is 0 Å². The molecule has 172 valence electrons. The van der Waals surface area contributed by atoms with Gasteiger partial charge in [-0.1, -0.05) is 41.9 Å². The van der Waals surface area contributed by atoms with Gasteiger partial charge in [0.2, 0.25) is 0 Å². The van der Waals surface area contributed by atoms with E-state index in [9.17, 15) is 18.0 Å². The Morgan fingerprint density at radius 1 is 1.09 bits per heavy atom. The molecular formula is C24H17ClF3N5O. The third kappa shape index (κ3) is 4.22. The fourth-order valence-electron chi connectivity index (χ4n) is 3.80. The van der Waals surface area contributed by atoms with E-state index in [2.05, 4.69) is 20.4 Å². The molecule has 0 radical (unpaired) electrons. The number of carbonyl (C=O) groups excluding carboxylic acids is 1. The molecule has 10 heteroatoms. The molecule has 0 saturated carbocycles. The standard InChI is InChI=1S/C24H17ClF3N5O/c25-16-6-7-18-17(10-16)15(13-30-18)8-9-29-23(34)20-12-22-31-19(14-4-2-1-3-5-14)11-21(24(26,27)28)33(22)32-20/h1-7,10-13,30H,8-9H2,(H,29,34). The number of benzene rings is 2. The van der Waals surface area contributed by atoms with Crippen LogP contribution in [0.2, 0.25) is 5.02 Å². The Kier molecular flexibility index (Phi) is 5.49. The van der Waals surface area contributed by atoms with Crippen molar-refractivity contribution < 1.29 is 18.0 Å². The van der Waals surface area contributed by atoms with Crippen LogP contribution in [-0.2, 0) is 12.6 Å². The van der Waals surface area contributed by atoms with Crippen LogP contribution in [0.3, 0.4) is 0 Å². The molecule has 0 spiro atoms. The second-order valence-electron chi connectivity index (χ2n) is 7.70. The minimum Gasteiger partial charge on any atom is -0.361 e. The fourth-order valence-corrected chi connectivity index (χ4v) is 3.97. The van der Waals surface area contributed by atoms with Gasteiger partial charge in [0.05, 0.1) is 5.69 Å². The number of nitrogens with one attached hydrogen (secondary N) is 2. The lowest BCUT2D eigenvalue weighted by Crippen LogP contribution is -2.26. The summed E-state index contributed by atoms with van der Waals surface area (Å²) in [4.78, 5) is 20.1. The van der Waals surface area contributed by atoms with E-state index in [1.54, 1.807) is 36.4 Å². The lowest BCUT2D eigenvalue weighted by atomic mass is 10.1. The number of aromatic nitrogens is 4. The van der Waals surface area contributed by atoms with Gasteiger partial charge in [-0.2, -0.15) is 18.3 Å². The zero-order chi connectivity index (χ0) is 23.9. The number of hydrogen-bond acceptors (Lipinski definition) is 3. The first kappa shape index (κ1) is 22.0. The average molecular weight is 484 g/mol. The van der Waals surface area contributed by atoms with Crippen molar-refractivity contribution in [3.8, 4) is 11.3 Å². The summed E-state index contributed by atoms with van der Waals surface area (Å²) >= 11 is 6.07. The van der Waals surface area contributed by atoms with Gasteiger partial charge in [0.25, 0.3) is 5.91 Å². The van der Waals surface area contributed by atoms with Crippen LogP contribution in [0.1, 0.15) is 21.7 Å². The maximum atomic E-state index is 13.7. The molecule has 0 aliphatic rings. The van der Waals surface area contributed by atoms with E-state index >= 15 is 0 Å². The lowest BCUT2D eigenvalue weighted by molar-refractivity contribution is -0.142. The Morgan fingerprint density at radius 2 is 1.88 bits per heavy atom. The van der Waals surface area contributed by atoms with Crippen molar-refractivity contribution in [3.05, 3.63) is 88.8 Å². The number of rotatable bonds is 5. The van der Waals surface area contributed by atoms with Crippen molar-refractivity contribution in [2.24, 2.45) is 0 Å². The highest BCUT2D eigenvalue weighted by molar-refractivity contribution is 6.31. The summed E-state index contributed by atoms with van der Waals surface area (Å²) in [5, 5.41) is 8.15. The molecule has 0 unspecified atom stereocenters. The van der Waals surface area contributed by atoms with Crippen molar-refractivity contribution >= 4 is 34.1 Å². The largest absolute Gasteiger partial charge is 0.433 e. The van der Waals surface area contributed by atoms with Crippen LogP contribution in [0.4, 0.5) is 13.2 Å². The van der Waals surface area contributed by atoms with Gasteiger partial charge in [0.15, 0.2) is 17.0 Å². The number of carbonyl (C=O) groups is 1. The minimum atomic E-state index is -4.68. The van der Waals surface area contributed by atoms with Gasteiger partial charge in [-0.25, -0.2) is 9.50 Å². The van der Waals surface area contributed by atoms with Crippen molar-refractivity contribution in [2.75, 3.05) is 6.54 Å². The summed E-state index contributed by atoms with van der Waals surface area (Å²) in [6.45, 7) is 0.265. The third-order valence-corrected chi connectivity index (χ3v) is 5.66. The SMILES string of the molecule is O=C(NCCc1c[nH]c2ccc(Cl)cc12)c1cc2nc(-c3ccccc3)cc(C(F)(F)F)n2n1. The van der Waals surface area contributed by atoms with Gasteiger partial charge in [-0.15, -0.1) is 0 Å². The molecule has 0 aliphatic heterocycles. The van der Waals surface area contributed by atoms with Gasteiger partial charge in [-0.3, -0.25) is 4.79 Å². The maximum absolute atomic E-state index is 13.7. The Balaban J connectivity index is 1.39. The zero-order valence-electron chi connectivity index (χ0n) is 17.5. The summed E-state index contributed by atoms with van der Waals surface area (Å²) < 4.78 is 41.9. The first-order chi connectivity index (χ1) is 16.3. The highest BCUT2D eigenvalue weighted by atomic mass is 35.5. The van der Waals surface area contributed by atoms with Crippen LogP contribution in [0.5, 0.6) is 0 Å². The Hall–Kier alpha value is -3.85. The van der Waals surface area contributed by atoms with Crippen molar-refractivity contribution in [1.29, 1.82) is 0 Å². The van der Waals surface area contributed by atoms with E-state index in [1.165, 1.54) is 6.07 Å². The number of aromatic amines is 1. The van der Waals surface area contributed by atoms with Crippen molar-refractivity contribution in [2.45, 2.75) is 12.6 Å². The van der Waals surface area contributed by atoms with Crippen LogP contribution < -0.4 is 5.32 Å². The molecule has 3 aromatic heterocycles. The maximum Gasteiger partial charge on any atom is 0.433 e. The first-order valence-electron chi connectivity index (χ1n) is 10.4. The molecule has 2 N–H and O–H groups in total. The molecule has 2 aromatic carbocycles. The monoisotopic (exact) mass is 483 g/mol. The molecule has 0 bridgehead atoms. The fraction of sp³-hybridized carbons (Fsp3) is 0.125. The molecule has 5 rings (SSSR count). The Morgan fingerprint density at radius 3 is 2.65 bits per heavy atom. The first-order valence-corrected chi connectivity index (χ1v) is 10.7. The number of halogens is 4. The van der Waals surface area contributed by atoms with Crippen molar-refractivity contribution in [3.63, 3.8) is 0 Å². The number of fused-ring (bicyclic) bond motifs is 2. The van der Waals surface area contributed by atoms with Gasteiger partial charge >= 0.3 is 6.18 Å². The predicted octanol–water partition coefficient (Wildman–Crippen LogP) is 5.52. The van der Waals surface area contributed by atoms with Gasteiger partial charge in [0.1, 0.15) is 0 Å². The minimum absolute atomic E-state index is 0.0647. The second-order valence-corrected chi connectivity index (χ2v) is 8.14. The average Bonchev–Trinajstić information content (AvgIpc) is 3.42. The van der Waals surface area contributed by atoms with Crippen LogP contribution in [-0.4, -0.2) is 32.0 Å². The molecule has 5 aromatic rings. The number of amides is 1. The molecule has 3 heterocycles. The molecule has 6 nitrogen and oxygen atoms in total. The van der Waals surface area contributed by atoms with E-state index in [0.29, 0.717) is 21.5 Å². The Labute approximate surface area is 196 Å². The van der Waals surface area contributed by atoms with Crippen LogP contribution in [0.25, 0.3) is 27.8 Å². The number of hydrogen-bond donors (Lipinski definition) is 2. The number of nitrogens with zero attached hydrogens (tertiary/aromatic N) is 3. The quantitative estimate of drug-likeness (QED) is 0.345. The van der Waals surface area contributed by atoms with E-state index in [4.69, 9.17) is 11.6 Å². The second kappa shape index (κ2) is 8.49. The normalized spacial score (nSPS) is 11.9. The van der Waals surface area contributed by atoms with Crippen molar-refractivity contribution in [1.82, 2.24) is 24.9 Å². The zero-order valence-corrected chi connectivity index (χ0v) is 18.3. The molecule has 0 atom stereocenters. The summed E-state index contributed by atoms with van der Waals surface area (Å²) in [6.07, 6.45) is -2.34. The summed E-state index contributed by atoms with van der Waals surface area (Å²) in [6, 6.07) is 16.2. The lowest BCUT2D eigenvalue weighted by Gasteiger charge is -2.10. The smallest absolute Gasteiger partial charge is 0.361 e. The highest BCUT2D eigenvalue weighted by Crippen LogP contribution is 2.32. The van der Waals surface area contributed by atoms with Gasteiger partial charge in [-0.05, 0) is 36.2 Å². The number of alkyl halides is 3.